The van der Waals surface area contributed by atoms with Crippen LogP contribution >= 0.6 is 0 Å². The molecule has 4 heteroatoms. The summed E-state index contributed by atoms with van der Waals surface area (Å²) in [6.07, 6.45) is 11.2. The Morgan fingerprint density at radius 2 is 1.92 bits per heavy atom. The Balaban J connectivity index is 1.46. The number of hydrogen-bond acceptors (Lipinski definition) is 3. The van der Waals surface area contributed by atoms with Crippen LogP contribution in [0.3, 0.4) is 0 Å². The molecule has 1 aromatic heterocycles. The van der Waals surface area contributed by atoms with Crippen molar-refractivity contribution < 1.29 is 9.50 Å². The molecule has 0 unspecified atom stereocenters. The molecule has 2 N–H and O–H groups in total. The molecule has 0 saturated carbocycles. The molecule has 0 amide bonds. The second-order valence-corrected chi connectivity index (χ2v) is 7.42. The molecule has 2 aliphatic heterocycles. The van der Waals surface area contributed by atoms with Gasteiger partial charge in [0.25, 0.3) is 0 Å². The Bertz CT molecular complexity index is 766. The van der Waals surface area contributed by atoms with Crippen LogP contribution in [-0.2, 0) is 0 Å². The Morgan fingerprint density at radius 1 is 1.16 bits per heavy atom. The van der Waals surface area contributed by atoms with E-state index in [0.29, 0.717) is 5.56 Å². The van der Waals surface area contributed by atoms with Gasteiger partial charge in [0.2, 0.25) is 0 Å². The molecule has 2 bridgehead atoms. The van der Waals surface area contributed by atoms with Gasteiger partial charge in [-0.1, -0.05) is 42.5 Å². The molecule has 130 valence electrons. The van der Waals surface area contributed by atoms with Gasteiger partial charge in [-0.25, -0.2) is 4.39 Å². The number of aromatic nitrogens is 1. The zero-order chi connectivity index (χ0) is 17.3. The summed E-state index contributed by atoms with van der Waals surface area (Å²) in [5, 5.41) is 14.6. The highest BCUT2D eigenvalue weighted by atomic mass is 19.1. The molecular weight excluding hydrogens is 315 g/mol. The van der Waals surface area contributed by atoms with E-state index >= 15 is 0 Å². The van der Waals surface area contributed by atoms with Gasteiger partial charge in [0.15, 0.2) is 0 Å². The Morgan fingerprint density at radius 3 is 2.64 bits per heavy atom. The summed E-state index contributed by atoms with van der Waals surface area (Å²) in [7, 11) is 0. The van der Waals surface area contributed by atoms with Crippen LogP contribution in [0.4, 0.5) is 4.39 Å². The number of nitrogens with one attached hydrogen (secondary N) is 1. The van der Waals surface area contributed by atoms with E-state index in [1.54, 1.807) is 6.20 Å². The SMILES string of the molecule is O[C@H](c1cncc(F)c1)C12CCC(CC=Cc3ccccc3)(CC1)N2. The van der Waals surface area contributed by atoms with Gasteiger partial charge in [0, 0.05) is 22.8 Å². The smallest absolute Gasteiger partial charge is 0.141 e. The van der Waals surface area contributed by atoms with Crippen molar-refractivity contribution in [1.82, 2.24) is 10.3 Å². The van der Waals surface area contributed by atoms with Gasteiger partial charge < -0.3 is 10.4 Å². The maximum Gasteiger partial charge on any atom is 0.141 e. The highest BCUT2D eigenvalue weighted by Gasteiger charge is 2.56. The maximum atomic E-state index is 13.5. The minimum atomic E-state index is -0.724. The Labute approximate surface area is 147 Å². The highest BCUT2D eigenvalue weighted by Crippen LogP contribution is 2.51. The van der Waals surface area contributed by atoms with E-state index in [0.717, 1.165) is 32.1 Å². The average Bonchev–Trinajstić information content (AvgIpc) is 3.19. The first-order valence-electron chi connectivity index (χ1n) is 8.90. The monoisotopic (exact) mass is 338 g/mol. The summed E-state index contributed by atoms with van der Waals surface area (Å²) < 4.78 is 13.5. The lowest BCUT2D eigenvalue weighted by Gasteiger charge is -2.32. The van der Waals surface area contributed by atoms with Gasteiger partial charge in [0.05, 0.1) is 12.3 Å². The fourth-order valence-electron chi connectivity index (χ4n) is 4.43. The molecule has 2 aliphatic rings. The second-order valence-electron chi connectivity index (χ2n) is 7.42. The van der Waals surface area contributed by atoms with Gasteiger partial charge in [-0.05, 0) is 43.7 Å². The summed E-state index contributed by atoms with van der Waals surface area (Å²) >= 11 is 0. The van der Waals surface area contributed by atoms with Crippen LogP contribution in [0.15, 0.2) is 54.9 Å². The van der Waals surface area contributed by atoms with Gasteiger partial charge in [0.1, 0.15) is 5.82 Å². The van der Waals surface area contributed by atoms with Crippen LogP contribution in [-0.4, -0.2) is 21.2 Å². The minimum Gasteiger partial charge on any atom is -0.386 e. The second kappa shape index (κ2) is 6.36. The summed E-state index contributed by atoms with van der Waals surface area (Å²) in [4.78, 5) is 3.88. The number of fused-ring (bicyclic) bond motifs is 2. The number of aliphatic hydroxyl groups is 1. The normalized spacial score (nSPS) is 29.4. The molecule has 1 aromatic carbocycles. The third-order valence-electron chi connectivity index (χ3n) is 5.80. The van der Waals surface area contributed by atoms with Crippen molar-refractivity contribution in [3.05, 3.63) is 71.8 Å². The fourth-order valence-corrected chi connectivity index (χ4v) is 4.43. The summed E-state index contributed by atoms with van der Waals surface area (Å²) in [6.45, 7) is 0. The number of halogens is 1. The molecule has 1 atom stereocenters. The quantitative estimate of drug-likeness (QED) is 0.866. The molecule has 2 saturated heterocycles. The Hall–Kier alpha value is -2.04. The molecular formula is C21H23FN2O. The van der Waals surface area contributed by atoms with Crippen LogP contribution in [0.2, 0.25) is 0 Å². The number of pyridine rings is 1. The van der Waals surface area contributed by atoms with Crippen molar-refractivity contribution in [2.24, 2.45) is 0 Å². The van der Waals surface area contributed by atoms with Crippen molar-refractivity contribution in [3.8, 4) is 0 Å². The summed E-state index contributed by atoms with van der Waals surface area (Å²) in [5.74, 6) is -0.402. The van der Waals surface area contributed by atoms with Crippen molar-refractivity contribution in [2.75, 3.05) is 0 Å². The molecule has 3 nitrogen and oxygen atoms in total. The van der Waals surface area contributed by atoms with Crippen molar-refractivity contribution in [2.45, 2.75) is 49.3 Å². The minimum absolute atomic E-state index is 0.0486. The largest absolute Gasteiger partial charge is 0.386 e. The molecule has 4 rings (SSSR count). The predicted molar refractivity (Wildman–Crippen MR) is 96.3 cm³/mol. The van der Waals surface area contributed by atoms with E-state index in [2.05, 4.69) is 34.6 Å². The van der Waals surface area contributed by atoms with Crippen LogP contribution in [0, 0.1) is 5.82 Å². The van der Waals surface area contributed by atoms with Crippen LogP contribution in [0.25, 0.3) is 6.08 Å². The molecule has 0 radical (unpaired) electrons. The molecule has 3 heterocycles. The Kier molecular flexibility index (Phi) is 4.18. The number of nitrogens with zero attached hydrogens (tertiary/aromatic N) is 1. The predicted octanol–water partition coefficient (Wildman–Crippen LogP) is 4.01. The van der Waals surface area contributed by atoms with Gasteiger partial charge in [-0.2, -0.15) is 0 Å². The third kappa shape index (κ3) is 3.12. The zero-order valence-electron chi connectivity index (χ0n) is 14.2. The lowest BCUT2D eigenvalue weighted by Crippen LogP contribution is -2.46. The molecule has 0 aliphatic carbocycles. The van der Waals surface area contributed by atoms with Gasteiger partial charge >= 0.3 is 0 Å². The zero-order valence-corrected chi connectivity index (χ0v) is 14.2. The van der Waals surface area contributed by atoms with E-state index in [1.165, 1.54) is 17.8 Å². The van der Waals surface area contributed by atoms with Crippen LogP contribution in [0.5, 0.6) is 0 Å². The first kappa shape index (κ1) is 16.4. The molecule has 2 aromatic rings. The standard InChI is InChI=1S/C21H23FN2O/c22-18-13-17(14-23-15-18)19(25)21-11-9-20(24-21,10-12-21)8-4-7-16-5-2-1-3-6-16/h1-7,13-15,19,24-25H,8-12H2/t19-,20?,21?/m1/s1. The molecule has 0 spiro atoms. The number of aliphatic hydroxyl groups excluding tert-OH is 1. The van der Waals surface area contributed by atoms with E-state index in [1.807, 2.05) is 18.2 Å². The lowest BCUT2D eigenvalue weighted by molar-refractivity contribution is 0.0731. The van der Waals surface area contributed by atoms with Gasteiger partial charge in [-0.15, -0.1) is 0 Å². The summed E-state index contributed by atoms with van der Waals surface area (Å²) in [6, 6.07) is 11.7. The fraction of sp³-hybridized carbons (Fsp3) is 0.381. The van der Waals surface area contributed by atoms with E-state index in [9.17, 15) is 9.50 Å². The number of benzene rings is 1. The third-order valence-corrected chi connectivity index (χ3v) is 5.80. The van der Waals surface area contributed by atoms with E-state index < -0.39 is 11.9 Å². The van der Waals surface area contributed by atoms with E-state index in [-0.39, 0.29) is 11.1 Å². The summed E-state index contributed by atoms with van der Waals surface area (Å²) in [5.41, 5.74) is 1.46. The van der Waals surface area contributed by atoms with Crippen molar-refractivity contribution in [3.63, 3.8) is 0 Å². The maximum absolute atomic E-state index is 13.5. The van der Waals surface area contributed by atoms with Crippen LogP contribution in [0.1, 0.15) is 49.3 Å². The number of hydrogen-bond donors (Lipinski definition) is 2. The number of rotatable bonds is 5. The molecule has 25 heavy (non-hydrogen) atoms. The molecule has 2 fully saturated rings. The van der Waals surface area contributed by atoms with E-state index in [4.69, 9.17) is 0 Å². The average molecular weight is 338 g/mol. The highest BCUT2D eigenvalue weighted by molar-refractivity contribution is 5.49. The first-order valence-corrected chi connectivity index (χ1v) is 8.90. The van der Waals surface area contributed by atoms with Crippen molar-refractivity contribution >= 4 is 6.08 Å². The van der Waals surface area contributed by atoms with Gasteiger partial charge in [-0.3, -0.25) is 4.98 Å². The first-order chi connectivity index (χ1) is 12.1. The van der Waals surface area contributed by atoms with Crippen molar-refractivity contribution in [1.29, 1.82) is 0 Å². The van der Waals surface area contributed by atoms with Crippen LogP contribution < -0.4 is 5.32 Å². The lowest BCUT2D eigenvalue weighted by atomic mass is 9.77. The topological polar surface area (TPSA) is 45.2 Å².